The van der Waals surface area contributed by atoms with E-state index in [1.165, 1.54) is 24.4 Å². The predicted octanol–water partition coefficient (Wildman–Crippen LogP) is 2.78. The SMILES string of the molecule is NC(=O)Nc1ccnc(Oc2cccc(C(F)(F)F)c2)n1. The highest BCUT2D eigenvalue weighted by Gasteiger charge is 2.30. The van der Waals surface area contributed by atoms with Crippen LogP contribution in [0.2, 0.25) is 0 Å². The number of alkyl halides is 3. The van der Waals surface area contributed by atoms with Gasteiger partial charge in [-0.3, -0.25) is 5.32 Å². The number of primary amides is 1. The van der Waals surface area contributed by atoms with E-state index in [0.717, 1.165) is 12.1 Å². The van der Waals surface area contributed by atoms with Gasteiger partial charge in [0.2, 0.25) is 0 Å². The van der Waals surface area contributed by atoms with Gasteiger partial charge in [0.25, 0.3) is 0 Å². The van der Waals surface area contributed by atoms with E-state index in [2.05, 4.69) is 15.3 Å². The highest BCUT2D eigenvalue weighted by atomic mass is 19.4. The summed E-state index contributed by atoms with van der Waals surface area (Å²) in [5, 5.41) is 2.19. The fraction of sp³-hybridized carbons (Fsp3) is 0.0833. The van der Waals surface area contributed by atoms with Crippen LogP contribution in [0.15, 0.2) is 36.5 Å². The van der Waals surface area contributed by atoms with Crippen molar-refractivity contribution in [3.8, 4) is 11.8 Å². The van der Waals surface area contributed by atoms with Crippen LogP contribution in [0.4, 0.5) is 23.8 Å². The van der Waals surface area contributed by atoms with Crippen LogP contribution < -0.4 is 15.8 Å². The van der Waals surface area contributed by atoms with Crippen LogP contribution in [0.1, 0.15) is 5.56 Å². The molecule has 0 unspecified atom stereocenters. The number of hydrogen-bond donors (Lipinski definition) is 2. The number of ether oxygens (including phenoxy) is 1. The number of carbonyl (C=O) groups excluding carboxylic acids is 1. The lowest BCUT2D eigenvalue weighted by molar-refractivity contribution is -0.137. The topological polar surface area (TPSA) is 90.1 Å². The largest absolute Gasteiger partial charge is 0.424 e. The van der Waals surface area contributed by atoms with E-state index in [9.17, 15) is 18.0 Å². The molecule has 0 aliphatic carbocycles. The number of aromatic nitrogens is 2. The zero-order valence-electron chi connectivity index (χ0n) is 10.4. The van der Waals surface area contributed by atoms with Crippen molar-refractivity contribution in [2.75, 3.05) is 5.32 Å². The van der Waals surface area contributed by atoms with E-state index in [0.29, 0.717) is 0 Å². The van der Waals surface area contributed by atoms with Gasteiger partial charge in [0.05, 0.1) is 5.56 Å². The predicted molar refractivity (Wildman–Crippen MR) is 66.8 cm³/mol. The van der Waals surface area contributed by atoms with Crippen LogP contribution in [-0.2, 0) is 6.18 Å². The molecule has 0 fully saturated rings. The van der Waals surface area contributed by atoms with E-state index in [1.807, 2.05) is 0 Å². The number of nitrogens with one attached hydrogen (secondary N) is 1. The molecule has 2 rings (SSSR count). The Bertz CT molecular complexity index is 661. The zero-order chi connectivity index (χ0) is 15.5. The van der Waals surface area contributed by atoms with Crippen LogP contribution in [-0.4, -0.2) is 16.0 Å². The zero-order valence-corrected chi connectivity index (χ0v) is 10.4. The van der Waals surface area contributed by atoms with Crippen LogP contribution in [0.3, 0.4) is 0 Å². The lowest BCUT2D eigenvalue weighted by atomic mass is 10.2. The minimum atomic E-state index is -4.48. The van der Waals surface area contributed by atoms with Gasteiger partial charge in [-0.1, -0.05) is 6.07 Å². The number of nitrogens with two attached hydrogens (primary N) is 1. The lowest BCUT2D eigenvalue weighted by Gasteiger charge is -2.09. The third-order valence-corrected chi connectivity index (χ3v) is 2.26. The maximum atomic E-state index is 12.6. The number of urea groups is 1. The second kappa shape index (κ2) is 5.65. The van der Waals surface area contributed by atoms with Crippen molar-refractivity contribution in [2.24, 2.45) is 5.73 Å². The fourth-order valence-corrected chi connectivity index (χ4v) is 1.43. The van der Waals surface area contributed by atoms with Gasteiger partial charge in [0, 0.05) is 6.20 Å². The maximum Gasteiger partial charge on any atom is 0.416 e. The van der Waals surface area contributed by atoms with Gasteiger partial charge in [0.1, 0.15) is 11.6 Å². The van der Waals surface area contributed by atoms with Gasteiger partial charge in [-0.2, -0.15) is 18.2 Å². The Kier molecular flexibility index (Phi) is 3.92. The number of carbonyl (C=O) groups is 1. The number of nitrogens with zero attached hydrogens (tertiary/aromatic N) is 2. The Hall–Kier alpha value is -2.84. The molecule has 110 valence electrons. The van der Waals surface area contributed by atoms with Gasteiger partial charge in [-0.25, -0.2) is 9.78 Å². The Morgan fingerprint density at radius 1 is 1.29 bits per heavy atom. The van der Waals surface area contributed by atoms with E-state index in [1.54, 1.807) is 0 Å². The number of amides is 2. The van der Waals surface area contributed by atoms with Crippen LogP contribution in [0.25, 0.3) is 0 Å². The molecule has 0 aliphatic heterocycles. The van der Waals surface area contributed by atoms with E-state index in [-0.39, 0.29) is 17.6 Å². The molecule has 21 heavy (non-hydrogen) atoms. The average Bonchev–Trinajstić information content (AvgIpc) is 2.37. The summed E-state index contributed by atoms with van der Waals surface area (Å²) in [6.07, 6.45) is -3.21. The van der Waals surface area contributed by atoms with Gasteiger partial charge in [-0.15, -0.1) is 0 Å². The molecule has 0 aliphatic rings. The molecule has 0 saturated heterocycles. The number of halogens is 3. The van der Waals surface area contributed by atoms with Crippen molar-refractivity contribution in [1.29, 1.82) is 0 Å². The van der Waals surface area contributed by atoms with E-state index < -0.39 is 17.8 Å². The van der Waals surface area contributed by atoms with Crippen molar-refractivity contribution in [3.63, 3.8) is 0 Å². The summed E-state index contributed by atoms with van der Waals surface area (Å²) in [6.45, 7) is 0. The van der Waals surface area contributed by atoms with Gasteiger partial charge in [-0.05, 0) is 24.3 Å². The first kappa shape index (κ1) is 14.6. The van der Waals surface area contributed by atoms with Crippen LogP contribution in [0.5, 0.6) is 11.8 Å². The molecule has 3 N–H and O–H groups in total. The maximum absolute atomic E-state index is 12.6. The molecule has 0 atom stereocenters. The number of anilines is 1. The minimum Gasteiger partial charge on any atom is -0.424 e. The average molecular weight is 298 g/mol. The molecule has 0 radical (unpaired) electrons. The molecule has 1 aromatic carbocycles. The van der Waals surface area contributed by atoms with Gasteiger partial charge in [0.15, 0.2) is 0 Å². The number of benzene rings is 1. The highest BCUT2D eigenvalue weighted by molar-refractivity contribution is 5.86. The second-order valence-corrected chi connectivity index (χ2v) is 3.84. The van der Waals surface area contributed by atoms with Crippen LogP contribution >= 0.6 is 0 Å². The third kappa shape index (κ3) is 4.06. The molecule has 0 spiro atoms. The molecular formula is C12H9F3N4O2. The molecule has 1 aromatic heterocycles. The number of rotatable bonds is 3. The summed E-state index contributed by atoms with van der Waals surface area (Å²) < 4.78 is 42.8. The Morgan fingerprint density at radius 2 is 2.05 bits per heavy atom. The summed E-state index contributed by atoms with van der Waals surface area (Å²) in [5.74, 6) is -0.0134. The standard InChI is InChI=1S/C12H9F3N4O2/c13-12(14,15)7-2-1-3-8(6-7)21-11-17-5-4-9(19-11)18-10(16)20/h1-6H,(H3,16,17,18,19,20). The van der Waals surface area contributed by atoms with Crippen LogP contribution in [0, 0.1) is 0 Å². The van der Waals surface area contributed by atoms with E-state index in [4.69, 9.17) is 10.5 Å². The molecule has 9 heteroatoms. The molecule has 2 aromatic rings. The molecule has 6 nitrogen and oxygen atoms in total. The van der Waals surface area contributed by atoms with Crippen molar-refractivity contribution in [3.05, 3.63) is 42.1 Å². The lowest BCUT2D eigenvalue weighted by Crippen LogP contribution is -2.20. The summed E-state index contributed by atoms with van der Waals surface area (Å²) in [4.78, 5) is 18.2. The normalized spacial score (nSPS) is 11.0. The molecule has 0 saturated carbocycles. The summed E-state index contributed by atoms with van der Waals surface area (Å²) >= 11 is 0. The summed E-state index contributed by atoms with van der Waals surface area (Å²) in [6, 6.07) is 4.55. The Morgan fingerprint density at radius 3 is 2.71 bits per heavy atom. The smallest absolute Gasteiger partial charge is 0.416 e. The minimum absolute atomic E-state index is 0.0690. The quantitative estimate of drug-likeness (QED) is 0.911. The third-order valence-electron chi connectivity index (χ3n) is 2.26. The fourth-order valence-electron chi connectivity index (χ4n) is 1.43. The first-order valence-corrected chi connectivity index (χ1v) is 5.59. The molecule has 1 heterocycles. The molecule has 2 amide bonds. The van der Waals surface area contributed by atoms with Crippen molar-refractivity contribution >= 4 is 11.8 Å². The van der Waals surface area contributed by atoms with Crippen molar-refractivity contribution < 1.29 is 22.7 Å². The van der Waals surface area contributed by atoms with Gasteiger partial charge >= 0.3 is 18.2 Å². The molecule has 0 bridgehead atoms. The first-order chi connectivity index (χ1) is 9.84. The Labute approximate surface area is 116 Å². The first-order valence-electron chi connectivity index (χ1n) is 5.59. The van der Waals surface area contributed by atoms with Crippen molar-refractivity contribution in [2.45, 2.75) is 6.18 Å². The highest BCUT2D eigenvalue weighted by Crippen LogP contribution is 2.32. The van der Waals surface area contributed by atoms with Gasteiger partial charge < -0.3 is 10.5 Å². The Balaban J connectivity index is 2.20. The number of hydrogen-bond acceptors (Lipinski definition) is 4. The summed E-state index contributed by atoms with van der Waals surface area (Å²) in [7, 11) is 0. The van der Waals surface area contributed by atoms with Crippen molar-refractivity contribution in [1.82, 2.24) is 9.97 Å². The molecular weight excluding hydrogens is 289 g/mol. The second-order valence-electron chi connectivity index (χ2n) is 3.84. The monoisotopic (exact) mass is 298 g/mol. The van der Waals surface area contributed by atoms with E-state index >= 15 is 0 Å². The summed E-state index contributed by atoms with van der Waals surface area (Å²) in [5.41, 5.74) is 4.06.